The summed E-state index contributed by atoms with van der Waals surface area (Å²) >= 11 is 6.05. The number of Topliss-reactive ketones (excluding diaryl/α,β-unsaturated/α-hetero) is 1. The van der Waals surface area contributed by atoms with Gasteiger partial charge in [-0.15, -0.1) is 0 Å². The van der Waals surface area contributed by atoms with E-state index in [0.717, 1.165) is 22.0 Å². The molecule has 1 aromatic carbocycles. The zero-order valence-electron chi connectivity index (χ0n) is 11.5. The first kappa shape index (κ1) is 13.7. The van der Waals surface area contributed by atoms with Crippen molar-refractivity contribution in [1.82, 2.24) is 9.97 Å². The Bertz CT molecular complexity index is 830. The van der Waals surface area contributed by atoms with Gasteiger partial charge in [-0.3, -0.25) is 9.78 Å². The van der Waals surface area contributed by atoms with Crippen LogP contribution in [0.15, 0.2) is 48.8 Å². The molecule has 0 amide bonds. The number of pyridine rings is 2. The van der Waals surface area contributed by atoms with E-state index < -0.39 is 0 Å². The molecule has 2 aromatic heterocycles. The number of fused-ring (bicyclic) bond motifs is 1. The Morgan fingerprint density at radius 2 is 2.05 bits per heavy atom. The van der Waals surface area contributed by atoms with Crippen LogP contribution in [0.25, 0.3) is 10.9 Å². The molecule has 0 fully saturated rings. The Morgan fingerprint density at radius 3 is 2.86 bits per heavy atom. The van der Waals surface area contributed by atoms with Crippen LogP contribution in [0.3, 0.4) is 0 Å². The molecule has 0 saturated carbocycles. The van der Waals surface area contributed by atoms with Crippen molar-refractivity contribution in [2.45, 2.75) is 13.3 Å². The average Bonchev–Trinajstić information content (AvgIpc) is 2.49. The van der Waals surface area contributed by atoms with Crippen molar-refractivity contribution < 1.29 is 4.79 Å². The van der Waals surface area contributed by atoms with Crippen LogP contribution in [0, 0.1) is 6.92 Å². The minimum atomic E-state index is -0.0445. The molecule has 104 valence electrons. The number of aromatic nitrogens is 2. The number of nitrogens with zero attached hydrogens (tertiary/aromatic N) is 2. The first-order valence-corrected chi connectivity index (χ1v) is 7.01. The molecular formula is C17H13ClN2O. The van der Waals surface area contributed by atoms with Gasteiger partial charge in [-0.1, -0.05) is 29.8 Å². The van der Waals surface area contributed by atoms with Crippen LogP contribution < -0.4 is 0 Å². The summed E-state index contributed by atoms with van der Waals surface area (Å²) in [5, 5.41) is 1.57. The lowest BCUT2D eigenvalue weighted by Crippen LogP contribution is -2.07. The summed E-state index contributed by atoms with van der Waals surface area (Å²) in [6.07, 6.45) is 3.41. The van der Waals surface area contributed by atoms with Crippen molar-refractivity contribution in [2.75, 3.05) is 0 Å². The third-order valence-electron chi connectivity index (χ3n) is 3.42. The van der Waals surface area contributed by atoms with Gasteiger partial charge in [0.15, 0.2) is 5.78 Å². The quantitative estimate of drug-likeness (QED) is 0.686. The van der Waals surface area contributed by atoms with Crippen LogP contribution in [-0.4, -0.2) is 15.8 Å². The van der Waals surface area contributed by atoms with E-state index in [1.807, 2.05) is 37.3 Å². The summed E-state index contributed by atoms with van der Waals surface area (Å²) in [7, 11) is 0. The summed E-state index contributed by atoms with van der Waals surface area (Å²) < 4.78 is 0. The SMILES string of the molecule is Cc1cc(C(=O)Cc2ccncc2Cl)nc2ccccc12. The molecule has 0 radical (unpaired) electrons. The number of carbonyl (C=O) groups excluding carboxylic acids is 1. The number of hydrogen-bond acceptors (Lipinski definition) is 3. The molecule has 0 spiro atoms. The van der Waals surface area contributed by atoms with Gasteiger partial charge in [0.25, 0.3) is 0 Å². The molecule has 21 heavy (non-hydrogen) atoms. The van der Waals surface area contributed by atoms with E-state index in [4.69, 9.17) is 11.6 Å². The third-order valence-corrected chi connectivity index (χ3v) is 3.76. The standard InChI is InChI=1S/C17H13ClN2O/c1-11-8-16(20-15-5-3-2-4-13(11)15)17(21)9-12-6-7-19-10-14(12)18/h2-8,10H,9H2,1H3. The van der Waals surface area contributed by atoms with Gasteiger partial charge in [0.2, 0.25) is 0 Å². The van der Waals surface area contributed by atoms with E-state index in [-0.39, 0.29) is 12.2 Å². The number of para-hydroxylation sites is 1. The molecule has 0 atom stereocenters. The zero-order valence-corrected chi connectivity index (χ0v) is 12.3. The zero-order chi connectivity index (χ0) is 14.8. The fraction of sp³-hybridized carbons (Fsp3) is 0.118. The fourth-order valence-corrected chi connectivity index (χ4v) is 2.49. The molecule has 0 saturated heterocycles. The third kappa shape index (κ3) is 2.78. The highest BCUT2D eigenvalue weighted by atomic mass is 35.5. The minimum absolute atomic E-state index is 0.0445. The number of rotatable bonds is 3. The molecule has 3 nitrogen and oxygen atoms in total. The Balaban J connectivity index is 1.97. The molecule has 2 heterocycles. The predicted molar refractivity (Wildman–Crippen MR) is 83.8 cm³/mol. The topological polar surface area (TPSA) is 42.9 Å². The van der Waals surface area contributed by atoms with Gasteiger partial charge in [-0.05, 0) is 36.2 Å². The number of ketones is 1. The molecule has 4 heteroatoms. The normalized spacial score (nSPS) is 10.8. The lowest BCUT2D eigenvalue weighted by molar-refractivity contribution is 0.0988. The largest absolute Gasteiger partial charge is 0.292 e. The van der Waals surface area contributed by atoms with Crippen LogP contribution in [0.2, 0.25) is 5.02 Å². The fourth-order valence-electron chi connectivity index (χ4n) is 2.30. The highest BCUT2D eigenvalue weighted by molar-refractivity contribution is 6.31. The second-order valence-corrected chi connectivity index (χ2v) is 5.32. The van der Waals surface area contributed by atoms with E-state index in [9.17, 15) is 4.79 Å². The summed E-state index contributed by atoms with van der Waals surface area (Å²) in [5.74, 6) is -0.0445. The summed E-state index contributed by atoms with van der Waals surface area (Å²) in [4.78, 5) is 20.8. The summed E-state index contributed by atoms with van der Waals surface area (Å²) in [6, 6.07) is 11.4. The average molecular weight is 297 g/mol. The van der Waals surface area contributed by atoms with Crippen molar-refractivity contribution in [1.29, 1.82) is 0 Å². The maximum Gasteiger partial charge on any atom is 0.185 e. The van der Waals surface area contributed by atoms with E-state index in [2.05, 4.69) is 9.97 Å². The first-order valence-electron chi connectivity index (χ1n) is 6.63. The smallest absolute Gasteiger partial charge is 0.185 e. The monoisotopic (exact) mass is 296 g/mol. The molecule has 0 aliphatic carbocycles. The van der Waals surface area contributed by atoms with Crippen LogP contribution >= 0.6 is 11.6 Å². The second-order valence-electron chi connectivity index (χ2n) is 4.91. The molecular weight excluding hydrogens is 284 g/mol. The molecule has 0 bridgehead atoms. The van der Waals surface area contributed by atoms with Crippen LogP contribution in [0.5, 0.6) is 0 Å². The lowest BCUT2D eigenvalue weighted by Gasteiger charge is -2.06. The highest BCUT2D eigenvalue weighted by Crippen LogP contribution is 2.20. The lowest BCUT2D eigenvalue weighted by atomic mass is 10.0. The summed E-state index contributed by atoms with van der Waals surface area (Å²) in [5.41, 5.74) is 3.12. The number of carbonyl (C=O) groups is 1. The maximum absolute atomic E-state index is 12.4. The first-order chi connectivity index (χ1) is 10.1. The molecule has 0 aliphatic heterocycles. The van der Waals surface area contributed by atoms with Gasteiger partial charge < -0.3 is 0 Å². The van der Waals surface area contributed by atoms with E-state index in [0.29, 0.717) is 10.7 Å². The Hall–Kier alpha value is -2.26. The van der Waals surface area contributed by atoms with E-state index in [1.165, 1.54) is 0 Å². The van der Waals surface area contributed by atoms with Crippen LogP contribution in [0.1, 0.15) is 21.6 Å². The van der Waals surface area contributed by atoms with Gasteiger partial charge >= 0.3 is 0 Å². The van der Waals surface area contributed by atoms with Gasteiger partial charge in [0.1, 0.15) is 5.69 Å². The maximum atomic E-state index is 12.4. The molecule has 0 unspecified atom stereocenters. The van der Waals surface area contributed by atoms with Crippen molar-refractivity contribution >= 4 is 28.3 Å². The number of halogens is 1. The second kappa shape index (κ2) is 5.62. The van der Waals surface area contributed by atoms with E-state index in [1.54, 1.807) is 18.5 Å². The van der Waals surface area contributed by atoms with Crippen molar-refractivity contribution in [3.63, 3.8) is 0 Å². The van der Waals surface area contributed by atoms with Gasteiger partial charge in [0.05, 0.1) is 10.5 Å². The molecule has 3 rings (SSSR count). The molecule has 3 aromatic rings. The van der Waals surface area contributed by atoms with Gasteiger partial charge in [-0.25, -0.2) is 4.98 Å². The van der Waals surface area contributed by atoms with E-state index >= 15 is 0 Å². The highest BCUT2D eigenvalue weighted by Gasteiger charge is 2.13. The Labute approximate surface area is 127 Å². The predicted octanol–water partition coefficient (Wildman–Crippen LogP) is 4.02. The van der Waals surface area contributed by atoms with Crippen molar-refractivity contribution in [3.8, 4) is 0 Å². The number of benzene rings is 1. The van der Waals surface area contributed by atoms with Crippen molar-refractivity contribution in [3.05, 3.63) is 70.6 Å². The Kier molecular flexibility index (Phi) is 3.67. The number of aryl methyl sites for hydroxylation is 1. The minimum Gasteiger partial charge on any atom is -0.292 e. The van der Waals surface area contributed by atoms with Crippen LogP contribution in [-0.2, 0) is 6.42 Å². The molecule has 0 N–H and O–H groups in total. The van der Waals surface area contributed by atoms with Gasteiger partial charge in [0, 0.05) is 24.2 Å². The summed E-state index contributed by atoms with van der Waals surface area (Å²) in [6.45, 7) is 1.99. The van der Waals surface area contributed by atoms with Gasteiger partial charge in [-0.2, -0.15) is 0 Å². The Morgan fingerprint density at radius 1 is 1.24 bits per heavy atom. The van der Waals surface area contributed by atoms with Crippen molar-refractivity contribution in [2.24, 2.45) is 0 Å². The number of hydrogen-bond donors (Lipinski definition) is 0. The molecule has 0 aliphatic rings. The van der Waals surface area contributed by atoms with Crippen LogP contribution in [0.4, 0.5) is 0 Å².